The van der Waals surface area contributed by atoms with Gasteiger partial charge in [-0.05, 0) is 12.1 Å². The van der Waals surface area contributed by atoms with Gasteiger partial charge in [0.2, 0.25) is 0 Å². The maximum Gasteiger partial charge on any atom is 0.128 e. The summed E-state index contributed by atoms with van der Waals surface area (Å²) >= 11 is 6.28. The minimum Gasteiger partial charge on any atom is -0.394 e. The molecule has 0 unspecified atom stereocenters. The lowest BCUT2D eigenvalue weighted by atomic mass is 9.94. The number of hydrogen-bond donors (Lipinski definition) is 2. The van der Waals surface area contributed by atoms with Gasteiger partial charge in [0.05, 0.1) is 29.4 Å². The van der Waals surface area contributed by atoms with Gasteiger partial charge in [-0.3, -0.25) is 4.98 Å². The number of anilines is 1. The highest BCUT2D eigenvalue weighted by atomic mass is 35.5. The van der Waals surface area contributed by atoms with E-state index < -0.39 is 0 Å². The van der Waals surface area contributed by atoms with Crippen molar-refractivity contribution in [2.45, 2.75) is 18.4 Å². The molecule has 1 fully saturated rings. The first-order valence-corrected chi connectivity index (χ1v) is 8.08. The number of rotatable bonds is 6. The zero-order chi connectivity index (χ0) is 16.1. The third kappa shape index (κ3) is 3.90. The van der Waals surface area contributed by atoms with Gasteiger partial charge in [0, 0.05) is 44.9 Å². The van der Waals surface area contributed by atoms with Crippen LogP contribution in [0.3, 0.4) is 0 Å². The van der Waals surface area contributed by atoms with E-state index >= 15 is 0 Å². The number of ether oxygens (including phenoxy) is 2. The molecule has 3 heterocycles. The summed E-state index contributed by atoms with van der Waals surface area (Å²) in [7, 11) is 0. The summed E-state index contributed by atoms with van der Waals surface area (Å²) in [6, 6.07) is 5.49. The fraction of sp³-hybridized carbons (Fsp3) is 0.500. The quantitative estimate of drug-likeness (QED) is 0.842. The van der Waals surface area contributed by atoms with E-state index in [1.165, 1.54) is 0 Å². The van der Waals surface area contributed by atoms with Gasteiger partial charge in [-0.15, -0.1) is 0 Å². The zero-order valence-electron chi connectivity index (χ0n) is 12.8. The Kier molecular flexibility index (Phi) is 5.27. The predicted octanol–water partition coefficient (Wildman–Crippen LogP) is 2.25. The molecule has 124 valence electrons. The fourth-order valence-electron chi connectivity index (χ4n) is 2.74. The lowest BCUT2D eigenvalue weighted by Crippen LogP contribution is -2.45. The van der Waals surface area contributed by atoms with E-state index in [0.29, 0.717) is 42.7 Å². The summed E-state index contributed by atoms with van der Waals surface area (Å²) < 4.78 is 11.3. The number of halogens is 1. The van der Waals surface area contributed by atoms with Crippen LogP contribution < -0.4 is 5.32 Å². The molecule has 23 heavy (non-hydrogen) atoms. The van der Waals surface area contributed by atoms with Crippen molar-refractivity contribution in [1.82, 2.24) is 9.97 Å². The Bertz CT molecular complexity index is 662. The molecule has 7 heteroatoms. The molecular weight excluding hydrogens is 318 g/mol. The molecule has 1 saturated heterocycles. The summed E-state index contributed by atoms with van der Waals surface area (Å²) in [6.07, 6.45) is 3.26. The molecule has 0 atom stereocenters. The second kappa shape index (κ2) is 7.40. The highest BCUT2D eigenvalue weighted by Gasteiger charge is 2.33. The van der Waals surface area contributed by atoms with Crippen LogP contribution in [0.25, 0.3) is 11.0 Å². The Morgan fingerprint density at radius 1 is 1.39 bits per heavy atom. The largest absolute Gasteiger partial charge is 0.394 e. The van der Waals surface area contributed by atoms with E-state index in [2.05, 4.69) is 15.3 Å². The van der Waals surface area contributed by atoms with Gasteiger partial charge < -0.3 is 19.9 Å². The third-order valence-electron chi connectivity index (χ3n) is 4.01. The monoisotopic (exact) mass is 337 g/mol. The first-order chi connectivity index (χ1) is 11.2. The lowest BCUT2D eigenvalue weighted by molar-refractivity contribution is -0.109. The topological polar surface area (TPSA) is 76.5 Å². The predicted molar refractivity (Wildman–Crippen MR) is 88.9 cm³/mol. The van der Waals surface area contributed by atoms with Gasteiger partial charge in [-0.1, -0.05) is 11.6 Å². The SMILES string of the molecule is OCCOC1(CNc2cc(Cl)c3ncccc3n2)CCOCC1. The van der Waals surface area contributed by atoms with Crippen LogP contribution >= 0.6 is 11.6 Å². The average Bonchev–Trinajstić information content (AvgIpc) is 2.59. The number of aliphatic hydroxyl groups excluding tert-OH is 1. The van der Waals surface area contributed by atoms with Crippen molar-refractivity contribution >= 4 is 28.5 Å². The first kappa shape index (κ1) is 16.4. The summed E-state index contributed by atoms with van der Waals surface area (Å²) in [5.41, 5.74) is 1.09. The van der Waals surface area contributed by atoms with Gasteiger partial charge in [0.1, 0.15) is 11.3 Å². The Hall–Kier alpha value is -1.47. The molecule has 0 aromatic carbocycles. The minimum absolute atomic E-state index is 0.00826. The molecule has 1 aliphatic rings. The highest BCUT2D eigenvalue weighted by Crippen LogP contribution is 2.27. The number of pyridine rings is 2. The molecule has 2 N–H and O–H groups in total. The van der Waals surface area contributed by atoms with Crippen LogP contribution in [0.15, 0.2) is 24.4 Å². The number of nitrogens with one attached hydrogen (secondary N) is 1. The molecule has 2 aromatic heterocycles. The molecule has 0 spiro atoms. The van der Waals surface area contributed by atoms with Crippen LogP contribution in [0.1, 0.15) is 12.8 Å². The second-order valence-corrected chi connectivity index (χ2v) is 5.99. The lowest BCUT2D eigenvalue weighted by Gasteiger charge is -2.37. The molecule has 0 radical (unpaired) electrons. The van der Waals surface area contributed by atoms with Crippen molar-refractivity contribution in [3.8, 4) is 0 Å². The van der Waals surface area contributed by atoms with Crippen LogP contribution in [0.2, 0.25) is 5.02 Å². The van der Waals surface area contributed by atoms with Gasteiger partial charge in [-0.2, -0.15) is 0 Å². The third-order valence-corrected chi connectivity index (χ3v) is 4.30. The summed E-state index contributed by atoms with van der Waals surface area (Å²) in [5, 5.41) is 12.9. The molecule has 6 nitrogen and oxygen atoms in total. The number of aromatic nitrogens is 2. The Balaban J connectivity index is 1.75. The Morgan fingerprint density at radius 2 is 2.22 bits per heavy atom. The molecule has 0 amide bonds. The van der Waals surface area contributed by atoms with E-state index in [9.17, 15) is 0 Å². The molecule has 2 aromatic rings. The smallest absolute Gasteiger partial charge is 0.128 e. The van der Waals surface area contributed by atoms with E-state index in [-0.39, 0.29) is 12.2 Å². The van der Waals surface area contributed by atoms with Crippen molar-refractivity contribution < 1.29 is 14.6 Å². The molecule has 0 bridgehead atoms. The van der Waals surface area contributed by atoms with Crippen molar-refractivity contribution in [2.24, 2.45) is 0 Å². The van der Waals surface area contributed by atoms with Crippen molar-refractivity contribution in [1.29, 1.82) is 0 Å². The summed E-state index contributed by atoms with van der Waals surface area (Å²) in [5.74, 6) is 0.689. The fourth-order valence-corrected chi connectivity index (χ4v) is 2.99. The van der Waals surface area contributed by atoms with Crippen LogP contribution in [0, 0.1) is 0 Å². The first-order valence-electron chi connectivity index (χ1n) is 7.70. The standard InChI is InChI=1S/C16H20ClN3O3/c17-12-10-14(20-13-2-1-5-18-15(12)13)19-11-16(23-9-6-21)3-7-22-8-4-16/h1-2,5,10,21H,3-4,6-9,11H2,(H,19,20). The van der Waals surface area contributed by atoms with Crippen LogP contribution in [-0.2, 0) is 9.47 Å². The number of hydrogen-bond acceptors (Lipinski definition) is 6. The van der Waals surface area contributed by atoms with Crippen molar-refractivity contribution in [3.05, 3.63) is 29.4 Å². The number of fused-ring (bicyclic) bond motifs is 1. The van der Waals surface area contributed by atoms with Crippen LogP contribution in [0.4, 0.5) is 5.82 Å². The molecule has 0 aliphatic carbocycles. The Labute approximate surface area is 139 Å². The number of aliphatic hydroxyl groups is 1. The van der Waals surface area contributed by atoms with Gasteiger partial charge >= 0.3 is 0 Å². The molecule has 3 rings (SSSR count). The zero-order valence-corrected chi connectivity index (χ0v) is 13.6. The minimum atomic E-state index is -0.348. The molecule has 0 saturated carbocycles. The second-order valence-electron chi connectivity index (χ2n) is 5.58. The van der Waals surface area contributed by atoms with Crippen molar-refractivity contribution in [2.75, 3.05) is 38.3 Å². The van der Waals surface area contributed by atoms with Gasteiger partial charge in [-0.25, -0.2) is 4.98 Å². The highest BCUT2D eigenvalue weighted by molar-refractivity contribution is 6.35. The van der Waals surface area contributed by atoms with Gasteiger partial charge in [0.15, 0.2) is 0 Å². The van der Waals surface area contributed by atoms with E-state index in [4.69, 9.17) is 26.2 Å². The summed E-state index contributed by atoms with van der Waals surface area (Å²) in [6.45, 7) is 2.23. The normalized spacial score (nSPS) is 17.3. The van der Waals surface area contributed by atoms with E-state index in [1.807, 2.05) is 12.1 Å². The summed E-state index contributed by atoms with van der Waals surface area (Å²) in [4.78, 5) is 8.77. The Morgan fingerprint density at radius 3 is 3.00 bits per heavy atom. The molecular formula is C16H20ClN3O3. The number of nitrogens with zero attached hydrogens (tertiary/aromatic N) is 2. The van der Waals surface area contributed by atoms with Gasteiger partial charge in [0.25, 0.3) is 0 Å². The maximum atomic E-state index is 9.04. The van der Waals surface area contributed by atoms with Crippen LogP contribution in [-0.4, -0.2) is 53.6 Å². The van der Waals surface area contributed by atoms with Crippen molar-refractivity contribution in [3.63, 3.8) is 0 Å². The van der Waals surface area contributed by atoms with Crippen LogP contribution in [0.5, 0.6) is 0 Å². The molecule has 1 aliphatic heterocycles. The van der Waals surface area contributed by atoms with E-state index in [0.717, 1.165) is 18.4 Å². The van der Waals surface area contributed by atoms with E-state index in [1.54, 1.807) is 12.3 Å². The maximum absolute atomic E-state index is 9.04. The average molecular weight is 338 g/mol.